The SMILES string of the molecule is NC(=O)C(CCC(=O)O)N1Cc2cc(OC3CCN(Cc4cc(C5CC5)c5nc(C6CCOCC6)ccc5c4)C3)ccc2C1=O. The maximum Gasteiger partial charge on any atom is 0.303 e. The molecule has 1 aliphatic carbocycles. The van der Waals surface area contributed by atoms with Crippen LogP contribution in [0.5, 0.6) is 5.75 Å². The number of carboxylic acid groups (broad SMARTS) is 1. The van der Waals surface area contributed by atoms with Crippen molar-refractivity contribution in [2.45, 2.75) is 82.0 Å². The van der Waals surface area contributed by atoms with Gasteiger partial charge in [0, 0.05) is 68.4 Å². The molecule has 1 saturated carbocycles. The minimum atomic E-state index is -1.03. The van der Waals surface area contributed by atoms with Crippen LogP contribution in [0, 0.1) is 0 Å². The molecule has 3 N–H and O–H groups in total. The van der Waals surface area contributed by atoms with Crippen molar-refractivity contribution >= 4 is 28.7 Å². The molecule has 0 bridgehead atoms. The van der Waals surface area contributed by atoms with Crippen molar-refractivity contribution in [1.29, 1.82) is 0 Å². The second-order valence-corrected chi connectivity index (χ2v) is 13.0. The summed E-state index contributed by atoms with van der Waals surface area (Å²) in [7, 11) is 0. The molecule has 2 atom stereocenters. The molecule has 7 rings (SSSR count). The first-order chi connectivity index (χ1) is 21.8. The first kappa shape index (κ1) is 29.7. The number of ether oxygens (including phenoxy) is 2. The summed E-state index contributed by atoms with van der Waals surface area (Å²) in [5.41, 5.74) is 11.9. The van der Waals surface area contributed by atoms with E-state index < -0.39 is 17.9 Å². The number of rotatable bonds is 11. The van der Waals surface area contributed by atoms with E-state index in [4.69, 9.17) is 25.3 Å². The van der Waals surface area contributed by atoms with E-state index in [9.17, 15) is 14.4 Å². The predicted molar refractivity (Wildman–Crippen MR) is 167 cm³/mol. The summed E-state index contributed by atoms with van der Waals surface area (Å²) in [6.07, 6.45) is 5.22. The van der Waals surface area contributed by atoms with Gasteiger partial charge >= 0.3 is 5.97 Å². The number of carbonyl (C=O) groups is 3. The number of carbonyl (C=O) groups excluding carboxylic acids is 2. The van der Waals surface area contributed by atoms with Crippen molar-refractivity contribution in [3.8, 4) is 5.75 Å². The second kappa shape index (κ2) is 12.4. The van der Waals surface area contributed by atoms with Gasteiger partial charge in [0.15, 0.2) is 0 Å². The zero-order chi connectivity index (χ0) is 31.1. The zero-order valence-electron chi connectivity index (χ0n) is 25.5. The Balaban J connectivity index is 1.00. The minimum absolute atomic E-state index is 0.0150. The fourth-order valence-corrected chi connectivity index (χ4v) is 7.20. The van der Waals surface area contributed by atoms with Crippen molar-refractivity contribution in [3.63, 3.8) is 0 Å². The van der Waals surface area contributed by atoms with E-state index in [1.54, 1.807) is 12.1 Å². The Morgan fingerprint density at radius 3 is 2.62 bits per heavy atom. The topological polar surface area (TPSA) is 135 Å². The summed E-state index contributed by atoms with van der Waals surface area (Å²) in [6, 6.07) is 13.6. The Hall–Kier alpha value is -4.02. The van der Waals surface area contributed by atoms with Gasteiger partial charge in [-0.15, -0.1) is 0 Å². The van der Waals surface area contributed by atoms with Crippen molar-refractivity contribution in [2.75, 3.05) is 26.3 Å². The minimum Gasteiger partial charge on any atom is -0.489 e. The van der Waals surface area contributed by atoms with E-state index in [2.05, 4.69) is 29.2 Å². The average Bonchev–Trinajstić information content (AvgIpc) is 3.71. The van der Waals surface area contributed by atoms with Gasteiger partial charge < -0.3 is 25.2 Å². The van der Waals surface area contributed by atoms with Crippen LogP contribution in [0.3, 0.4) is 0 Å². The largest absolute Gasteiger partial charge is 0.489 e. The van der Waals surface area contributed by atoms with Crippen LogP contribution in [0.2, 0.25) is 0 Å². The molecule has 10 heteroatoms. The Morgan fingerprint density at radius 1 is 1.04 bits per heavy atom. The number of fused-ring (bicyclic) bond motifs is 2. The highest BCUT2D eigenvalue weighted by atomic mass is 16.5. The molecule has 2 amide bonds. The van der Waals surface area contributed by atoms with Crippen molar-refractivity contribution in [2.24, 2.45) is 5.73 Å². The number of likely N-dealkylation sites (tertiary alicyclic amines) is 1. The zero-order valence-corrected chi connectivity index (χ0v) is 25.5. The Kier molecular flexibility index (Phi) is 8.18. The predicted octanol–water partition coefficient (Wildman–Crippen LogP) is 4.33. The summed E-state index contributed by atoms with van der Waals surface area (Å²) in [6.45, 7) is 4.43. The number of pyridine rings is 1. The molecule has 45 heavy (non-hydrogen) atoms. The maximum absolute atomic E-state index is 13.0. The molecule has 10 nitrogen and oxygen atoms in total. The normalized spacial score (nSPS) is 21.3. The van der Waals surface area contributed by atoms with Crippen LogP contribution >= 0.6 is 0 Å². The molecule has 2 saturated heterocycles. The highest BCUT2D eigenvalue weighted by Crippen LogP contribution is 2.44. The molecular weight excluding hydrogens is 572 g/mol. The van der Waals surface area contributed by atoms with Gasteiger partial charge in [0.25, 0.3) is 5.91 Å². The van der Waals surface area contributed by atoms with E-state index in [0.717, 1.165) is 57.7 Å². The van der Waals surface area contributed by atoms with Crippen molar-refractivity contribution in [1.82, 2.24) is 14.8 Å². The van der Waals surface area contributed by atoms with E-state index in [-0.39, 0.29) is 31.4 Å². The van der Waals surface area contributed by atoms with E-state index in [0.29, 0.717) is 23.1 Å². The molecule has 3 fully saturated rings. The quantitative estimate of drug-likeness (QED) is 0.327. The third-order valence-electron chi connectivity index (χ3n) is 9.74. The molecule has 0 radical (unpaired) electrons. The lowest BCUT2D eigenvalue weighted by atomic mass is 9.94. The highest BCUT2D eigenvalue weighted by Gasteiger charge is 2.36. The van der Waals surface area contributed by atoms with Crippen molar-refractivity contribution in [3.05, 3.63) is 70.4 Å². The molecule has 1 aromatic heterocycles. The molecule has 4 aliphatic rings. The maximum atomic E-state index is 13.0. The smallest absolute Gasteiger partial charge is 0.303 e. The number of aromatic nitrogens is 1. The molecule has 2 aromatic carbocycles. The van der Waals surface area contributed by atoms with Crippen LogP contribution in [-0.2, 0) is 27.4 Å². The molecule has 0 spiro atoms. The number of amides is 2. The number of primary amides is 1. The van der Waals surface area contributed by atoms with Gasteiger partial charge in [0.1, 0.15) is 17.9 Å². The number of aliphatic carboxylic acids is 1. The lowest BCUT2D eigenvalue weighted by Crippen LogP contribution is -2.45. The van der Waals surface area contributed by atoms with Crippen LogP contribution < -0.4 is 10.5 Å². The molecule has 3 aromatic rings. The Labute approximate surface area is 262 Å². The third-order valence-corrected chi connectivity index (χ3v) is 9.74. The number of nitrogens with two attached hydrogens (primary N) is 1. The van der Waals surface area contributed by atoms with Gasteiger partial charge in [-0.25, -0.2) is 0 Å². The number of nitrogens with zero attached hydrogens (tertiary/aromatic N) is 3. The molecule has 4 heterocycles. The van der Waals surface area contributed by atoms with Crippen LogP contribution in [0.15, 0.2) is 42.5 Å². The average molecular weight is 613 g/mol. The van der Waals surface area contributed by atoms with E-state index in [1.807, 2.05) is 6.07 Å². The van der Waals surface area contributed by atoms with Gasteiger partial charge in [0.2, 0.25) is 5.91 Å². The van der Waals surface area contributed by atoms with Crippen LogP contribution in [-0.4, -0.2) is 76.1 Å². The Morgan fingerprint density at radius 2 is 1.87 bits per heavy atom. The second-order valence-electron chi connectivity index (χ2n) is 13.0. The first-order valence-corrected chi connectivity index (χ1v) is 16.2. The van der Waals surface area contributed by atoms with Gasteiger partial charge in [-0.05, 0) is 91.5 Å². The summed E-state index contributed by atoms with van der Waals surface area (Å²) in [5.74, 6) is -0.271. The lowest BCUT2D eigenvalue weighted by molar-refractivity contribution is -0.137. The molecule has 236 valence electrons. The summed E-state index contributed by atoms with van der Waals surface area (Å²) >= 11 is 0. The molecule has 2 unspecified atom stereocenters. The third kappa shape index (κ3) is 6.39. The fraction of sp³-hybridized carbons (Fsp3) is 0.486. The lowest BCUT2D eigenvalue weighted by Gasteiger charge is -2.24. The molecular formula is C35H40N4O6. The standard InChI is InChI=1S/C35H40N4O6/c36-34(42)31(7-8-32(40)41)39-19-25-17-26(4-5-28(25)35(39)43)45-27-9-12-38(20-27)18-21-15-24-3-6-30(23-10-13-44-14-11-23)37-33(24)29(16-21)22-1-2-22/h3-6,15-17,22-23,27,31H,1-2,7-14,18-20H2,(H2,36,42)(H,40,41). The molecule has 3 aliphatic heterocycles. The van der Waals surface area contributed by atoms with Gasteiger partial charge in [-0.1, -0.05) is 12.1 Å². The first-order valence-electron chi connectivity index (χ1n) is 16.2. The monoisotopic (exact) mass is 612 g/mol. The number of hydrogen-bond donors (Lipinski definition) is 2. The Bertz CT molecular complexity index is 1630. The fourth-order valence-electron chi connectivity index (χ4n) is 7.20. The number of benzene rings is 2. The number of carboxylic acids is 1. The highest BCUT2D eigenvalue weighted by molar-refractivity contribution is 6.01. The summed E-state index contributed by atoms with van der Waals surface area (Å²) in [5, 5.41) is 10.3. The van der Waals surface area contributed by atoms with E-state index in [1.165, 1.54) is 45.5 Å². The summed E-state index contributed by atoms with van der Waals surface area (Å²) in [4.78, 5) is 45.1. The van der Waals surface area contributed by atoms with E-state index >= 15 is 0 Å². The van der Waals surface area contributed by atoms with Crippen molar-refractivity contribution < 1.29 is 29.0 Å². The van der Waals surface area contributed by atoms with Gasteiger partial charge in [-0.3, -0.25) is 24.3 Å². The summed E-state index contributed by atoms with van der Waals surface area (Å²) < 4.78 is 11.9. The van der Waals surface area contributed by atoms with Gasteiger partial charge in [-0.2, -0.15) is 0 Å². The number of hydrogen-bond acceptors (Lipinski definition) is 7. The van der Waals surface area contributed by atoms with Crippen LogP contribution in [0.4, 0.5) is 0 Å². The van der Waals surface area contributed by atoms with Crippen LogP contribution in [0.1, 0.15) is 89.5 Å². The van der Waals surface area contributed by atoms with Crippen LogP contribution in [0.25, 0.3) is 10.9 Å². The van der Waals surface area contributed by atoms with Gasteiger partial charge in [0.05, 0.1) is 5.52 Å².